The van der Waals surface area contributed by atoms with E-state index in [9.17, 15) is 4.79 Å². The fourth-order valence-electron chi connectivity index (χ4n) is 2.32. The molecule has 2 N–H and O–H groups in total. The van der Waals surface area contributed by atoms with Gasteiger partial charge >= 0.3 is 0 Å². The van der Waals surface area contributed by atoms with E-state index in [-0.39, 0.29) is 18.3 Å². The Morgan fingerprint density at radius 2 is 1.83 bits per heavy atom. The van der Waals surface area contributed by atoms with Gasteiger partial charge in [0.05, 0.1) is 7.11 Å². The van der Waals surface area contributed by atoms with Gasteiger partial charge in [0.15, 0.2) is 0 Å². The van der Waals surface area contributed by atoms with Gasteiger partial charge in [0.1, 0.15) is 5.75 Å². The number of hydrogen-bond donors (Lipinski definition) is 1. The van der Waals surface area contributed by atoms with E-state index < -0.39 is 0 Å². The van der Waals surface area contributed by atoms with E-state index in [0.29, 0.717) is 30.9 Å². The zero-order chi connectivity index (χ0) is 15.8. The van der Waals surface area contributed by atoms with Gasteiger partial charge in [-0.15, -0.1) is 12.4 Å². The molecule has 0 bridgehead atoms. The van der Waals surface area contributed by atoms with Gasteiger partial charge in [-0.3, -0.25) is 4.79 Å². The van der Waals surface area contributed by atoms with Crippen molar-refractivity contribution in [2.45, 2.75) is 6.42 Å². The van der Waals surface area contributed by atoms with Crippen molar-refractivity contribution in [3.05, 3.63) is 65.7 Å². The van der Waals surface area contributed by atoms with Crippen molar-refractivity contribution in [3.8, 4) is 5.75 Å². The first-order valence-electron chi connectivity index (χ1n) is 7.42. The summed E-state index contributed by atoms with van der Waals surface area (Å²) in [5.74, 6) is 0.668. The Bertz CT molecular complexity index is 605. The van der Waals surface area contributed by atoms with E-state index in [2.05, 4.69) is 12.1 Å². The first-order valence-corrected chi connectivity index (χ1v) is 7.42. The molecule has 2 aromatic rings. The van der Waals surface area contributed by atoms with Crippen LogP contribution in [0.5, 0.6) is 5.75 Å². The zero-order valence-corrected chi connectivity index (χ0v) is 14.1. The molecule has 0 aliphatic rings. The quantitative estimate of drug-likeness (QED) is 0.847. The number of amides is 1. The molecule has 0 saturated carbocycles. The first kappa shape index (κ1) is 19.0. The number of hydrogen-bond acceptors (Lipinski definition) is 3. The molecule has 1 amide bonds. The summed E-state index contributed by atoms with van der Waals surface area (Å²) in [6.45, 7) is 1.64. The molecule has 23 heavy (non-hydrogen) atoms. The van der Waals surface area contributed by atoms with Crippen LogP contribution in [-0.4, -0.2) is 37.6 Å². The Morgan fingerprint density at radius 3 is 2.48 bits per heavy atom. The largest absolute Gasteiger partial charge is 0.497 e. The Labute approximate surface area is 143 Å². The Kier molecular flexibility index (Phi) is 8.16. The number of rotatable bonds is 7. The zero-order valence-electron chi connectivity index (χ0n) is 13.3. The van der Waals surface area contributed by atoms with Gasteiger partial charge in [-0.2, -0.15) is 0 Å². The summed E-state index contributed by atoms with van der Waals surface area (Å²) in [7, 11) is 1.59. The molecule has 4 nitrogen and oxygen atoms in total. The van der Waals surface area contributed by atoms with Crippen molar-refractivity contribution in [1.82, 2.24) is 4.90 Å². The lowest BCUT2D eigenvalue weighted by Crippen LogP contribution is -2.36. The van der Waals surface area contributed by atoms with Crippen molar-refractivity contribution >= 4 is 18.3 Å². The number of nitrogens with two attached hydrogens (primary N) is 1. The summed E-state index contributed by atoms with van der Waals surface area (Å²) in [5.41, 5.74) is 7.49. The van der Waals surface area contributed by atoms with Crippen LogP contribution in [0.2, 0.25) is 0 Å². The minimum Gasteiger partial charge on any atom is -0.497 e. The Hall–Kier alpha value is -2.04. The molecule has 5 heteroatoms. The third-order valence-corrected chi connectivity index (χ3v) is 3.52. The standard InChI is InChI=1S/C18H22N2O2.ClH/c1-22-17-9-5-8-16(14-17)18(21)20(13-11-19)12-10-15-6-3-2-4-7-15;/h2-9,14H,10-13,19H2,1H3;1H. The molecule has 0 fully saturated rings. The number of methoxy groups -OCH3 is 1. The Balaban J connectivity index is 0.00000264. The van der Waals surface area contributed by atoms with Crippen LogP contribution in [0, 0.1) is 0 Å². The maximum atomic E-state index is 12.6. The average molecular weight is 335 g/mol. The second kappa shape index (κ2) is 9.87. The van der Waals surface area contributed by atoms with E-state index in [1.54, 1.807) is 24.1 Å². The van der Waals surface area contributed by atoms with Crippen LogP contribution in [0.3, 0.4) is 0 Å². The van der Waals surface area contributed by atoms with Crippen LogP contribution in [0.4, 0.5) is 0 Å². The van der Waals surface area contributed by atoms with Gasteiger partial charge in [-0.05, 0) is 30.2 Å². The predicted molar refractivity (Wildman–Crippen MR) is 95.3 cm³/mol. The molecular weight excluding hydrogens is 312 g/mol. The van der Waals surface area contributed by atoms with Crippen LogP contribution < -0.4 is 10.5 Å². The fourth-order valence-corrected chi connectivity index (χ4v) is 2.32. The van der Waals surface area contributed by atoms with Gasteiger partial charge < -0.3 is 15.4 Å². The van der Waals surface area contributed by atoms with Gasteiger partial charge in [-0.1, -0.05) is 36.4 Å². The average Bonchev–Trinajstić information content (AvgIpc) is 2.59. The van der Waals surface area contributed by atoms with E-state index in [4.69, 9.17) is 10.5 Å². The molecule has 0 spiro atoms. The molecule has 124 valence electrons. The van der Waals surface area contributed by atoms with Crippen molar-refractivity contribution in [3.63, 3.8) is 0 Å². The highest BCUT2D eigenvalue weighted by molar-refractivity contribution is 5.94. The maximum Gasteiger partial charge on any atom is 0.254 e. The summed E-state index contributed by atoms with van der Waals surface area (Å²) in [5, 5.41) is 0. The van der Waals surface area contributed by atoms with Crippen LogP contribution >= 0.6 is 12.4 Å². The number of carbonyl (C=O) groups excluding carboxylic acids is 1. The fraction of sp³-hybridized carbons (Fsp3) is 0.278. The lowest BCUT2D eigenvalue weighted by Gasteiger charge is -2.22. The van der Waals surface area contributed by atoms with Gasteiger partial charge in [0, 0.05) is 25.2 Å². The van der Waals surface area contributed by atoms with E-state index in [1.165, 1.54) is 5.56 Å². The smallest absolute Gasteiger partial charge is 0.254 e. The molecule has 2 rings (SSSR count). The van der Waals surface area contributed by atoms with Crippen LogP contribution in [0.25, 0.3) is 0 Å². The molecule has 0 atom stereocenters. The second-order valence-corrected chi connectivity index (χ2v) is 5.05. The lowest BCUT2D eigenvalue weighted by molar-refractivity contribution is 0.0761. The van der Waals surface area contributed by atoms with Crippen molar-refractivity contribution < 1.29 is 9.53 Å². The first-order chi connectivity index (χ1) is 10.7. The van der Waals surface area contributed by atoms with E-state index >= 15 is 0 Å². The van der Waals surface area contributed by atoms with Gasteiger partial charge in [0.25, 0.3) is 5.91 Å². The number of benzene rings is 2. The van der Waals surface area contributed by atoms with Gasteiger partial charge in [0.2, 0.25) is 0 Å². The van der Waals surface area contributed by atoms with Crippen molar-refractivity contribution in [2.24, 2.45) is 5.73 Å². The monoisotopic (exact) mass is 334 g/mol. The normalized spacial score (nSPS) is 9.83. The van der Waals surface area contributed by atoms with Crippen LogP contribution in [0.15, 0.2) is 54.6 Å². The third-order valence-electron chi connectivity index (χ3n) is 3.52. The highest BCUT2D eigenvalue weighted by atomic mass is 35.5. The topological polar surface area (TPSA) is 55.6 Å². The molecular formula is C18H23ClN2O2. The SMILES string of the molecule is COc1cccc(C(=O)N(CCN)CCc2ccccc2)c1.Cl. The van der Waals surface area contributed by atoms with Crippen molar-refractivity contribution in [1.29, 1.82) is 0 Å². The Morgan fingerprint density at radius 1 is 1.09 bits per heavy atom. The summed E-state index contributed by atoms with van der Waals surface area (Å²) in [6, 6.07) is 17.3. The molecule has 0 saturated heterocycles. The molecule has 0 radical (unpaired) electrons. The van der Waals surface area contributed by atoms with Crippen LogP contribution in [-0.2, 0) is 6.42 Å². The minimum absolute atomic E-state index is 0. The van der Waals surface area contributed by atoms with Crippen molar-refractivity contribution in [2.75, 3.05) is 26.7 Å². The molecule has 0 aromatic heterocycles. The lowest BCUT2D eigenvalue weighted by atomic mass is 10.1. The highest BCUT2D eigenvalue weighted by Crippen LogP contribution is 2.14. The second-order valence-electron chi connectivity index (χ2n) is 5.05. The summed E-state index contributed by atoms with van der Waals surface area (Å²) >= 11 is 0. The predicted octanol–water partition coefficient (Wildman–Crippen LogP) is 2.76. The minimum atomic E-state index is -0.0136. The molecule has 0 aliphatic heterocycles. The van der Waals surface area contributed by atoms with E-state index in [1.807, 2.05) is 30.3 Å². The number of ether oxygens (including phenoxy) is 1. The summed E-state index contributed by atoms with van der Waals surface area (Å²) in [6.07, 6.45) is 0.816. The van der Waals surface area contributed by atoms with E-state index in [0.717, 1.165) is 6.42 Å². The molecule has 0 aliphatic carbocycles. The third kappa shape index (κ3) is 5.58. The number of nitrogens with zero attached hydrogens (tertiary/aromatic N) is 1. The molecule has 0 unspecified atom stereocenters. The maximum absolute atomic E-state index is 12.6. The summed E-state index contributed by atoms with van der Waals surface area (Å²) < 4.78 is 5.18. The summed E-state index contributed by atoms with van der Waals surface area (Å²) in [4.78, 5) is 14.4. The van der Waals surface area contributed by atoms with Gasteiger partial charge in [-0.25, -0.2) is 0 Å². The molecule has 0 heterocycles. The molecule has 2 aromatic carbocycles. The van der Waals surface area contributed by atoms with Crippen LogP contribution in [0.1, 0.15) is 15.9 Å². The highest BCUT2D eigenvalue weighted by Gasteiger charge is 2.15. The number of carbonyl (C=O) groups is 1. The number of halogens is 1.